The summed E-state index contributed by atoms with van der Waals surface area (Å²) in [6.45, 7) is 7.04. The smallest absolute Gasteiger partial charge is 0.0648 e. The molecule has 3 unspecified atom stereocenters. The first kappa shape index (κ1) is 19.1. The molecule has 0 aromatic heterocycles. The van der Waals surface area contributed by atoms with Crippen LogP contribution in [-0.4, -0.2) is 27.3 Å². The largest absolute Gasteiger partial charge is 0.117 e. The van der Waals surface area contributed by atoms with Gasteiger partial charge in [-0.1, -0.05) is 38.5 Å². The maximum absolute atomic E-state index is 2.40. The summed E-state index contributed by atoms with van der Waals surface area (Å²) in [6, 6.07) is 0. The van der Waals surface area contributed by atoms with Crippen molar-refractivity contribution in [3.8, 4) is 0 Å². The van der Waals surface area contributed by atoms with Crippen molar-refractivity contribution < 1.29 is 0 Å². The monoisotopic (exact) mass is 420 g/mol. The Hall–Kier alpha value is 1.32. The minimum Gasteiger partial charge on any atom is -0.117 e. The van der Waals surface area contributed by atoms with Gasteiger partial charge in [0.05, 0.1) is 8.47 Å². The maximum Gasteiger partial charge on any atom is 0.0648 e. The lowest BCUT2D eigenvalue weighted by atomic mass is 10.1. The highest BCUT2D eigenvalue weighted by atomic mass is 32.2. The molecule has 3 heterocycles. The molecule has 1 saturated heterocycles. The van der Waals surface area contributed by atoms with Crippen LogP contribution < -0.4 is 0 Å². The van der Waals surface area contributed by atoms with Crippen LogP contribution >= 0.6 is 70.6 Å². The molecule has 0 saturated carbocycles. The van der Waals surface area contributed by atoms with Gasteiger partial charge in [-0.25, -0.2) is 0 Å². The average molecular weight is 421 g/mol. The van der Waals surface area contributed by atoms with Crippen LogP contribution in [0.15, 0.2) is 29.8 Å². The standard InChI is InChI=1S/C17H24S6/c1-4-5-6-13-11(2)20-15(22-13)8-7-14-12(3)21-16-17(23-14)19-10-9-18-16/h7-8,11-13H,4-6,9-10H2,1-3H3/b14-7+,15-8+. The van der Waals surface area contributed by atoms with E-state index in [1.807, 2.05) is 23.5 Å². The van der Waals surface area contributed by atoms with E-state index in [4.69, 9.17) is 0 Å². The van der Waals surface area contributed by atoms with Crippen molar-refractivity contribution in [2.45, 2.75) is 55.8 Å². The van der Waals surface area contributed by atoms with Gasteiger partial charge in [-0.2, -0.15) is 0 Å². The highest BCUT2D eigenvalue weighted by Crippen LogP contribution is 2.56. The third kappa shape index (κ3) is 5.16. The van der Waals surface area contributed by atoms with Crippen molar-refractivity contribution in [2.75, 3.05) is 11.5 Å². The summed E-state index contributed by atoms with van der Waals surface area (Å²) in [6.07, 6.45) is 8.84. The topological polar surface area (TPSA) is 0 Å². The molecular weight excluding hydrogens is 397 g/mol. The molecule has 0 aliphatic carbocycles. The summed E-state index contributed by atoms with van der Waals surface area (Å²) in [4.78, 5) is 1.53. The molecule has 0 amide bonds. The summed E-state index contributed by atoms with van der Waals surface area (Å²) in [5, 5.41) is 2.18. The Morgan fingerprint density at radius 3 is 2.57 bits per heavy atom. The maximum atomic E-state index is 2.40. The van der Waals surface area contributed by atoms with Crippen molar-refractivity contribution in [2.24, 2.45) is 0 Å². The van der Waals surface area contributed by atoms with Gasteiger partial charge in [0, 0.05) is 36.4 Å². The van der Waals surface area contributed by atoms with Crippen molar-refractivity contribution in [1.82, 2.24) is 0 Å². The second-order valence-corrected chi connectivity index (χ2v) is 13.9. The number of allylic oxidation sites excluding steroid dienone is 2. The molecule has 23 heavy (non-hydrogen) atoms. The molecule has 0 N–H and O–H groups in total. The molecule has 3 atom stereocenters. The van der Waals surface area contributed by atoms with Crippen molar-refractivity contribution in [3.05, 3.63) is 29.8 Å². The van der Waals surface area contributed by atoms with Crippen molar-refractivity contribution >= 4 is 70.6 Å². The lowest BCUT2D eigenvalue weighted by molar-refractivity contribution is 0.682. The van der Waals surface area contributed by atoms with E-state index in [0.717, 1.165) is 10.5 Å². The van der Waals surface area contributed by atoms with Crippen LogP contribution in [0, 0.1) is 0 Å². The number of rotatable bonds is 4. The van der Waals surface area contributed by atoms with Gasteiger partial charge in [0.25, 0.3) is 0 Å². The lowest BCUT2D eigenvalue weighted by Gasteiger charge is -2.28. The second-order valence-electron chi connectivity index (χ2n) is 5.81. The zero-order valence-electron chi connectivity index (χ0n) is 13.9. The summed E-state index contributed by atoms with van der Waals surface area (Å²) in [5.74, 6) is 2.54. The van der Waals surface area contributed by atoms with Crippen molar-refractivity contribution in [3.63, 3.8) is 0 Å². The van der Waals surface area contributed by atoms with Gasteiger partial charge >= 0.3 is 0 Å². The fourth-order valence-electron chi connectivity index (χ4n) is 2.58. The quantitative estimate of drug-likeness (QED) is 0.455. The van der Waals surface area contributed by atoms with Crippen LogP contribution in [0.25, 0.3) is 0 Å². The first-order chi connectivity index (χ1) is 11.2. The van der Waals surface area contributed by atoms with Crippen LogP contribution in [0.4, 0.5) is 0 Å². The Morgan fingerprint density at radius 2 is 1.78 bits per heavy atom. The Kier molecular flexibility index (Phi) is 7.73. The molecule has 0 radical (unpaired) electrons. The van der Waals surface area contributed by atoms with Gasteiger partial charge in [-0.15, -0.1) is 58.8 Å². The molecule has 0 bridgehead atoms. The minimum atomic E-state index is 0.603. The van der Waals surface area contributed by atoms with Crippen LogP contribution in [0.2, 0.25) is 0 Å². The van der Waals surface area contributed by atoms with E-state index >= 15 is 0 Å². The SMILES string of the molecule is CCCCC1S/C(=C/C=C2/SC3=C(SCCS3)SC2C)SC1C. The first-order valence-electron chi connectivity index (χ1n) is 8.27. The minimum absolute atomic E-state index is 0.603. The molecule has 0 nitrogen and oxygen atoms in total. The number of hydrogen-bond donors (Lipinski definition) is 0. The van der Waals surface area contributed by atoms with E-state index in [1.54, 1.807) is 8.47 Å². The summed E-state index contributed by atoms with van der Waals surface area (Å²) >= 11 is 12.4. The van der Waals surface area contributed by atoms with E-state index in [0.29, 0.717) is 5.25 Å². The third-order valence-electron chi connectivity index (χ3n) is 3.93. The molecule has 3 aliphatic heterocycles. The summed E-state index contributed by atoms with van der Waals surface area (Å²) in [5.41, 5.74) is 0. The average Bonchev–Trinajstić information content (AvgIpc) is 2.91. The Bertz CT molecular complexity index is 521. The predicted octanol–water partition coefficient (Wildman–Crippen LogP) is 7.61. The lowest BCUT2D eigenvalue weighted by Crippen LogP contribution is -2.10. The zero-order valence-corrected chi connectivity index (χ0v) is 18.8. The first-order valence-corrected chi connectivity index (χ1v) is 13.7. The molecule has 0 aromatic rings. The van der Waals surface area contributed by atoms with Gasteiger partial charge in [0.2, 0.25) is 0 Å². The summed E-state index contributed by atoms with van der Waals surface area (Å²) < 4.78 is 4.64. The molecule has 3 aliphatic rings. The normalized spacial score (nSPS) is 35.2. The molecule has 3 rings (SSSR count). The fraction of sp³-hybridized carbons (Fsp3) is 0.647. The van der Waals surface area contributed by atoms with E-state index in [9.17, 15) is 0 Å². The molecular formula is C17H24S6. The fourth-order valence-corrected chi connectivity index (χ4v) is 11.4. The molecule has 128 valence electrons. The molecule has 1 fully saturated rings. The highest BCUT2D eigenvalue weighted by Gasteiger charge is 2.29. The predicted molar refractivity (Wildman–Crippen MR) is 121 cm³/mol. The zero-order chi connectivity index (χ0) is 16.2. The number of unbranched alkanes of at least 4 members (excludes halogenated alkanes) is 1. The van der Waals surface area contributed by atoms with Gasteiger partial charge in [-0.3, -0.25) is 0 Å². The van der Waals surface area contributed by atoms with Gasteiger partial charge < -0.3 is 0 Å². The van der Waals surface area contributed by atoms with E-state index in [2.05, 4.69) is 80.0 Å². The molecule has 6 heteroatoms. The van der Waals surface area contributed by atoms with Gasteiger partial charge in [0.15, 0.2) is 0 Å². The van der Waals surface area contributed by atoms with E-state index in [-0.39, 0.29) is 0 Å². The van der Waals surface area contributed by atoms with Crippen LogP contribution in [-0.2, 0) is 0 Å². The van der Waals surface area contributed by atoms with Crippen LogP contribution in [0.3, 0.4) is 0 Å². The second kappa shape index (κ2) is 9.31. The van der Waals surface area contributed by atoms with Crippen molar-refractivity contribution in [1.29, 1.82) is 0 Å². The van der Waals surface area contributed by atoms with Gasteiger partial charge in [0.1, 0.15) is 0 Å². The molecule has 0 spiro atoms. The number of thioether (sulfide) groups is 6. The Labute approximate surface area is 166 Å². The Morgan fingerprint density at radius 1 is 1.00 bits per heavy atom. The highest BCUT2D eigenvalue weighted by molar-refractivity contribution is 8.32. The van der Waals surface area contributed by atoms with Crippen LogP contribution in [0.1, 0.15) is 40.0 Å². The van der Waals surface area contributed by atoms with E-state index in [1.165, 1.54) is 39.9 Å². The van der Waals surface area contributed by atoms with Gasteiger partial charge in [-0.05, 0) is 25.5 Å². The number of hydrogen-bond acceptors (Lipinski definition) is 6. The summed E-state index contributed by atoms with van der Waals surface area (Å²) in [7, 11) is 0. The third-order valence-corrected chi connectivity index (χ3v) is 13.1. The van der Waals surface area contributed by atoms with Crippen LogP contribution in [0.5, 0.6) is 0 Å². The van der Waals surface area contributed by atoms with E-state index < -0.39 is 0 Å². The molecule has 0 aromatic carbocycles. The Balaban J connectivity index is 1.64.